The maximum Gasteiger partial charge on any atom is 0.344 e. The van der Waals surface area contributed by atoms with Crippen LogP contribution in [-0.4, -0.2) is 46.8 Å². The summed E-state index contributed by atoms with van der Waals surface area (Å²) in [5.41, 5.74) is 1.31. The number of likely N-dealkylation sites (N-methyl/N-ethyl adjacent to an activating group) is 1. The summed E-state index contributed by atoms with van der Waals surface area (Å²) in [5.74, 6) is -0.608. The molecule has 1 N–H and O–H groups in total. The molecule has 1 heterocycles. The summed E-state index contributed by atoms with van der Waals surface area (Å²) >= 11 is 1.26. The average molecular weight is 426 g/mol. The van der Waals surface area contributed by atoms with E-state index in [1.165, 1.54) is 25.8 Å². The summed E-state index contributed by atoms with van der Waals surface area (Å²) in [6, 6.07) is 14.6. The first-order chi connectivity index (χ1) is 14.4. The van der Waals surface area contributed by atoms with Gasteiger partial charge in [-0.25, -0.2) is 9.79 Å². The lowest BCUT2D eigenvalue weighted by Crippen LogP contribution is -2.28. The minimum absolute atomic E-state index is 0.169. The molecule has 3 rings (SSSR count). The summed E-state index contributed by atoms with van der Waals surface area (Å²) in [4.78, 5) is 30.8. The number of carbonyl (C=O) groups excluding carboxylic acids is 1. The minimum atomic E-state index is -1.10. The Hall–Kier alpha value is -3.26. The van der Waals surface area contributed by atoms with Crippen LogP contribution in [0.4, 0.5) is 5.69 Å². The van der Waals surface area contributed by atoms with Gasteiger partial charge >= 0.3 is 5.97 Å². The molecular weight excluding hydrogens is 404 g/mol. The topological polar surface area (TPSA) is 88.4 Å². The number of hydrogen-bond acceptors (Lipinski definition) is 6. The van der Waals surface area contributed by atoms with Gasteiger partial charge in [0.2, 0.25) is 0 Å². The van der Waals surface area contributed by atoms with Gasteiger partial charge < -0.3 is 14.6 Å². The molecule has 0 aliphatic carbocycles. The molecule has 2 aromatic carbocycles. The highest BCUT2D eigenvalue weighted by Crippen LogP contribution is 2.38. The van der Waals surface area contributed by atoms with Gasteiger partial charge in [0.05, 0.1) is 17.7 Å². The van der Waals surface area contributed by atoms with Gasteiger partial charge in [-0.15, -0.1) is 0 Å². The summed E-state index contributed by atoms with van der Waals surface area (Å²) in [7, 11) is 1.48. The van der Waals surface area contributed by atoms with E-state index in [1.54, 1.807) is 29.2 Å². The van der Waals surface area contributed by atoms with Crippen molar-refractivity contribution in [1.82, 2.24) is 4.90 Å². The number of methoxy groups -OCH3 is 1. The number of carboxylic acid groups (broad SMARTS) is 1. The third kappa shape index (κ3) is 4.65. The average Bonchev–Trinajstić information content (AvgIpc) is 3.03. The van der Waals surface area contributed by atoms with E-state index in [4.69, 9.17) is 9.47 Å². The van der Waals surface area contributed by atoms with Crippen LogP contribution in [0.25, 0.3) is 6.08 Å². The number of carbonyl (C=O) groups is 2. The number of ether oxygens (including phenoxy) is 2. The summed E-state index contributed by atoms with van der Waals surface area (Å²) in [6.45, 7) is 3.80. The number of rotatable bonds is 7. The van der Waals surface area contributed by atoms with E-state index in [2.05, 4.69) is 4.99 Å². The molecule has 0 spiro atoms. The Bertz CT molecular complexity index is 1000. The van der Waals surface area contributed by atoms with Crippen molar-refractivity contribution in [1.29, 1.82) is 0 Å². The maximum absolute atomic E-state index is 12.9. The van der Waals surface area contributed by atoms with E-state index < -0.39 is 12.1 Å². The van der Waals surface area contributed by atoms with Crippen LogP contribution in [0.2, 0.25) is 0 Å². The van der Waals surface area contributed by atoms with Gasteiger partial charge in [-0.2, -0.15) is 0 Å². The number of nitrogens with zero attached hydrogens (tertiary/aromatic N) is 2. The fourth-order valence-electron chi connectivity index (χ4n) is 2.78. The van der Waals surface area contributed by atoms with Gasteiger partial charge in [0.15, 0.2) is 22.8 Å². The number of para-hydroxylation sites is 2. The van der Waals surface area contributed by atoms with Crippen molar-refractivity contribution in [2.75, 3.05) is 13.7 Å². The van der Waals surface area contributed by atoms with E-state index in [9.17, 15) is 14.7 Å². The third-order valence-corrected chi connectivity index (χ3v) is 5.35. The Morgan fingerprint density at radius 1 is 1.23 bits per heavy atom. The Morgan fingerprint density at radius 2 is 1.97 bits per heavy atom. The third-order valence-electron chi connectivity index (χ3n) is 4.34. The Kier molecular flexibility index (Phi) is 6.79. The molecule has 0 unspecified atom stereocenters. The molecule has 0 radical (unpaired) electrons. The van der Waals surface area contributed by atoms with Gasteiger partial charge in [-0.05, 0) is 49.9 Å². The molecule has 156 valence electrons. The van der Waals surface area contributed by atoms with Crippen molar-refractivity contribution in [2.45, 2.75) is 20.0 Å². The van der Waals surface area contributed by atoms with Crippen LogP contribution in [0.3, 0.4) is 0 Å². The maximum atomic E-state index is 12.9. The second kappa shape index (κ2) is 9.49. The van der Waals surface area contributed by atoms with Crippen LogP contribution >= 0.6 is 11.8 Å². The van der Waals surface area contributed by atoms with Crippen molar-refractivity contribution < 1.29 is 24.2 Å². The first kappa shape index (κ1) is 21.4. The van der Waals surface area contributed by atoms with Crippen LogP contribution in [0, 0.1) is 0 Å². The van der Waals surface area contributed by atoms with Crippen molar-refractivity contribution in [3.8, 4) is 11.5 Å². The van der Waals surface area contributed by atoms with Gasteiger partial charge in [-0.3, -0.25) is 9.69 Å². The zero-order chi connectivity index (χ0) is 21.7. The summed E-state index contributed by atoms with van der Waals surface area (Å²) in [5, 5.41) is 9.79. The Morgan fingerprint density at radius 3 is 2.60 bits per heavy atom. The van der Waals surface area contributed by atoms with Gasteiger partial charge in [0.25, 0.3) is 5.91 Å². The molecule has 2 aromatic rings. The molecule has 1 aliphatic rings. The number of amides is 1. The van der Waals surface area contributed by atoms with Gasteiger partial charge in [0, 0.05) is 12.1 Å². The first-order valence-electron chi connectivity index (χ1n) is 9.36. The molecule has 1 fully saturated rings. The number of benzene rings is 2. The van der Waals surface area contributed by atoms with E-state index in [1.807, 2.05) is 37.3 Å². The lowest BCUT2D eigenvalue weighted by Gasteiger charge is -2.16. The van der Waals surface area contributed by atoms with Gasteiger partial charge in [-0.1, -0.05) is 30.3 Å². The van der Waals surface area contributed by atoms with Crippen LogP contribution in [-0.2, 0) is 9.59 Å². The van der Waals surface area contributed by atoms with E-state index >= 15 is 0 Å². The fraction of sp³-hybridized carbons (Fsp3) is 0.227. The molecular formula is C22H22N2O5S. The van der Waals surface area contributed by atoms with E-state index in [-0.39, 0.29) is 11.7 Å². The summed E-state index contributed by atoms with van der Waals surface area (Å²) in [6.07, 6.45) is 0.600. The van der Waals surface area contributed by atoms with Crippen molar-refractivity contribution >= 4 is 40.6 Å². The Balaban J connectivity index is 1.99. The van der Waals surface area contributed by atoms with Gasteiger partial charge in [0.1, 0.15) is 0 Å². The van der Waals surface area contributed by atoms with E-state index in [0.717, 1.165) is 5.69 Å². The lowest BCUT2D eigenvalue weighted by molar-refractivity contribution is -0.144. The van der Waals surface area contributed by atoms with Crippen LogP contribution in [0.1, 0.15) is 19.4 Å². The smallest absolute Gasteiger partial charge is 0.344 e. The number of amidine groups is 1. The zero-order valence-corrected chi connectivity index (χ0v) is 17.7. The highest BCUT2D eigenvalue weighted by Gasteiger charge is 2.32. The van der Waals surface area contributed by atoms with Crippen molar-refractivity contribution in [2.24, 2.45) is 4.99 Å². The molecule has 30 heavy (non-hydrogen) atoms. The molecule has 8 heteroatoms. The number of carboxylic acids is 1. The first-order valence-corrected chi connectivity index (χ1v) is 10.2. The van der Waals surface area contributed by atoms with Crippen LogP contribution in [0.5, 0.6) is 11.5 Å². The quantitative estimate of drug-likeness (QED) is 0.669. The second-order valence-electron chi connectivity index (χ2n) is 6.37. The molecule has 0 aromatic heterocycles. The second-order valence-corrected chi connectivity index (χ2v) is 7.38. The fourth-order valence-corrected chi connectivity index (χ4v) is 3.84. The molecule has 1 saturated heterocycles. The molecule has 1 amide bonds. The standard InChI is InChI=1S/C22H22N2O5S/c1-4-24-20(25)18(30-22(24)23-16-10-6-5-7-11-16)13-15-9-8-12-17(28-3)19(15)29-14(2)21(26)27/h5-14H,4H2,1-3H3,(H,26,27)/b18-13-,23-22?/t14-/m1/s1. The highest BCUT2D eigenvalue weighted by molar-refractivity contribution is 8.18. The van der Waals surface area contributed by atoms with E-state index in [0.29, 0.717) is 27.9 Å². The largest absolute Gasteiger partial charge is 0.493 e. The van der Waals surface area contributed by atoms with Crippen molar-refractivity contribution in [3.63, 3.8) is 0 Å². The minimum Gasteiger partial charge on any atom is -0.493 e. The highest BCUT2D eigenvalue weighted by atomic mass is 32.2. The lowest BCUT2D eigenvalue weighted by atomic mass is 10.1. The molecule has 0 bridgehead atoms. The normalized spacial score (nSPS) is 17.4. The monoisotopic (exact) mass is 426 g/mol. The zero-order valence-electron chi connectivity index (χ0n) is 16.9. The van der Waals surface area contributed by atoms with Crippen LogP contribution < -0.4 is 9.47 Å². The SMILES string of the molecule is CCN1C(=O)/C(=C/c2cccc(OC)c2O[C@H](C)C(=O)O)SC1=Nc1ccccc1. The summed E-state index contributed by atoms with van der Waals surface area (Å²) < 4.78 is 10.9. The molecule has 1 atom stereocenters. The van der Waals surface area contributed by atoms with Crippen LogP contribution in [0.15, 0.2) is 58.4 Å². The number of aliphatic carboxylic acids is 1. The molecule has 1 aliphatic heterocycles. The predicted octanol–water partition coefficient (Wildman–Crippen LogP) is 4.17. The number of thioether (sulfide) groups is 1. The number of aliphatic imine (C=N–C) groups is 1. The predicted molar refractivity (Wildman–Crippen MR) is 117 cm³/mol. The number of hydrogen-bond donors (Lipinski definition) is 1. The molecule has 7 nitrogen and oxygen atoms in total. The van der Waals surface area contributed by atoms with Crippen molar-refractivity contribution in [3.05, 3.63) is 59.0 Å². The molecule has 0 saturated carbocycles. The Labute approximate surface area is 179 Å².